The highest BCUT2D eigenvalue weighted by Crippen LogP contribution is 2.19. The van der Waals surface area contributed by atoms with Crippen LogP contribution in [0.4, 0.5) is 13.6 Å². The Morgan fingerprint density at radius 3 is 2.43 bits per heavy atom. The third-order valence-electron chi connectivity index (χ3n) is 3.34. The van der Waals surface area contributed by atoms with Crippen molar-refractivity contribution in [1.82, 2.24) is 10.6 Å². The Balaban J connectivity index is 2.01. The Morgan fingerprint density at radius 2 is 1.90 bits per heavy atom. The molecule has 0 radical (unpaired) electrons. The third kappa shape index (κ3) is 5.28. The van der Waals surface area contributed by atoms with Crippen molar-refractivity contribution in [1.29, 1.82) is 0 Å². The van der Waals surface area contributed by atoms with Gasteiger partial charge in [0.25, 0.3) is 0 Å². The summed E-state index contributed by atoms with van der Waals surface area (Å²) in [4.78, 5) is 10.8. The average Bonchev–Trinajstić information content (AvgIpc) is 3.17. The molecular formula is C14H18F2N2O3. The van der Waals surface area contributed by atoms with Crippen LogP contribution in [0.15, 0.2) is 18.2 Å². The number of nitrogens with one attached hydrogen (secondary N) is 2. The zero-order valence-corrected chi connectivity index (χ0v) is 11.4. The van der Waals surface area contributed by atoms with Gasteiger partial charge in [-0.15, -0.1) is 0 Å². The summed E-state index contributed by atoms with van der Waals surface area (Å²) < 4.78 is 26.3. The molecule has 1 aromatic rings. The van der Waals surface area contributed by atoms with E-state index in [1.165, 1.54) is 0 Å². The molecule has 2 rings (SSSR count). The Kier molecular flexibility index (Phi) is 5.08. The molecule has 0 saturated heterocycles. The molecule has 0 spiro atoms. The summed E-state index contributed by atoms with van der Waals surface area (Å²) in [6, 6.07) is 2.53. The molecule has 4 N–H and O–H groups in total. The van der Waals surface area contributed by atoms with Crippen LogP contribution in [0.1, 0.15) is 18.4 Å². The first-order valence-electron chi connectivity index (χ1n) is 6.80. The van der Waals surface area contributed by atoms with Crippen LogP contribution in [0.3, 0.4) is 0 Å². The fraction of sp³-hybridized carbons (Fsp3) is 0.500. The normalized spacial score (nSPS) is 17.3. The molecule has 0 aliphatic heterocycles. The van der Waals surface area contributed by atoms with Crippen LogP contribution in [-0.4, -0.2) is 41.0 Å². The van der Waals surface area contributed by atoms with Gasteiger partial charge in [0.05, 0.1) is 12.1 Å². The van der Waals surface area contributed by atoms with Gasteiger partial charge in [0.2, 0.25) is 0 Å². The maximum atomic E-state index is 13.2. The van der Waals surface area contributed by atoms with Crippen molar-refractivity contribution in [3.8, 4) is 0 Å². The van der Waals surface area contributed by atoms with Gasteiger partial charge in [-0.1, -0.05) is 0 Å². The molecule has 116 valence electrons. The minimum Gasteiger partial charge on any atom is -0.465 e. The van der Waals surface area contributed by atoms with E-state index in [1.807, 2.05) is 0 Å². The van der Waals surface area contributed by atoms with Crippen LogP contribution in [0.25, 0.3) is 0 Å². The van der Waals surface area contributed by atoms with Crippen LogP contribution < -0.4 is 10.6 Å². The molecule has 1 aromatic carbocycles. The summed E-state index contributed by atoms with van der Waals surface area (Å²) in [5.74, 6) is -1.46. The second-order valence-corrected chi connectivity index (χ2v) is 5.29. The molecule has 0 aromatic heterocycles. The first-order chi connectivity index (χ1) is 9.94. The van der Waals surface area contributed by atoms with Gasteiger partial charge in [-0.2, -0.15) is 0 Å². The van der Waals surface area contributed by atoms with E-state index in [0.717, 1.165) is 31.0 Å². The van der Waals surface area contributed by atoms with E-state index in [0.29, 0.717) is 6.04 Å². The van der Waals surface area contributed by atoms with Crippen LogP contribution in [0.2, 0.25) is 0 Å². The molecule has 5 nitrogen and oxygen atoms in total. The first kappa shape index (κ1) is 15.7. The fourth-order valence-electron chi connectivity index (χ4n) is 2.14. The van der Waals surface area contributed by atoms with Crippen molar-refractivity contribution in [2.75, 3.05) is 6.54 Å². The number of aliphatic hydroxyl groups excluding tert-OH is 1. The van der Waals surface area contributed by atoms with E-state index >= 15 is 0 Å². The molecule has 1 aliphatic carbocycles. The standard InChI is InChI=1S/C14H18F2N2O3/c15-9-3-8(4-10(16)6-9)5-12(18-14(20)21)13(19)7-17-11-1-2-11/h3-4,6,11-13,17-19H,1-2,5,7H2,(H,20,21)/t12-,13-/m0/s1. The molecule has 0 unspecified atom stereocenters. The highest BCUT2D eigenvalue weighted by Gasteiger charge is 2.26. The number of rotatable bonds is 7. The molecule has 7 heteroatoms. The van der Waals surface area contributed by atoms with E-state index in [1.54, 1.807) is 0 Å². The first-order valence-corrected chi connectivity index (χ1v) is 6.80. The van der Waals surface area contributed by atoms with Crippen molar-refractivity contribution in [3.63, 3.8) is 0 Å². The van der Waals surface area contributed by atoms with Crippen molar-refractivity contribution >= 4 is 6.09 Å². The van der Waals surface area contributed by atoms with Gasteiger partial charge in [0.15, 0.2) is 0 Å². The number of aliphatic hydroxyl groups is 1. The van der Waals surface area contributed by atoms with Crippen LogP contribution >= 0.6 is 0 Å². The molecule has 1 saturated carbocycles. The molecule has 2 atom stereocenters. The quantitative estimate of drug-likeness (QED) is 0.611. The lowest BCUT2D eigenvalue weighted by Gasteiger charge is -2.23. The van der Waals surface area contributed by atoms with Gasteiger partial charge in [0, 0.05) is 18.7 Å². The lowest BCUT2D eigenvalue weighted by atomic mass is 10.0. The highest BCUT2D eigenvalue weighted by molar-refractivity contribution is 5.65. The number of amides is 1. The summed E-state index contributed by atoms with van der Waals surface area (Å²) in [6.45, 7) is 0.230. The molecule has 0 bridgehead atoms. The van der Waals surface area contributed by atoms with Crippen LogP contribution in [0, 0.1) is 11.6 Å². The third-order valence-corrected chi connectivity index (χ3v) is 3.34. The Morgan fingerprint density at radius 1 is 1.29 bits per heavy atom. The smallest absolute Gasteiger partial charge is 0.404 e. The van der Waals surface area contributed by atoms with Crippen molar-refractivity contribution < 1.29 is 23.8 Å². The van der Waals surface area contributed by atoms with Crippen molar-refractivity contribution in [3.05, 3.63) is 35.4 Å². The van der Waals surface area contributed by atoms with Gasteiger partial charge in [-0.25, -0.2) is 13.6 Å². The summed E-state index contributed by atoms with van der Waals surface area (Å²) in [5, 5.41) is 24.2. The summed E-state index contributed by atoms with van der Waals surface area (Å²) >= 11 is 0. The van der Waals surface area contributed by atoms with Gasteiger partial charge in [0.1, 0.15) is 11.6 Å². The molecule has 21 heavy (non-hydrogen) atoms. The number of carbonyl (C=O) groups is 1. The number of carboxylic acid groups (broad SMARTS) is 1. The number of benzene rings is 1. The second-order valence-electron chi connectivity index (χ2n) is 5.29. The number of halogens is 2. The van der Waals surface area contributed by atoms with Gasteiger partial charge < -0.3 is 20.8 Å². The predicted octanol–water partition coefficient (Wildman–Crippen LogP) is 1.26. The maximum absolute atomic E-state index is 13.2. The van der Waals surface area contributed by atoms with Gasteiger partial charge >= 0.3 is 6.09 Å². The Bertz CT molecular complexity index is 489. The minimum atomic E-state index is -1.29. The summed E-state index contributed by atoms with van der Waals surface area (Å²) in [6.07, 6.45) is -0.179. The number of hydrogen-bond acceptors (Lipinski definition) is 3. The van der Waals surface area contributed by atoms with Crippen molar-refractivity contribution in [2.45, 2.75) is 37.5 Å². The van der Waals surface area contributed by atoms with Gasteiger partial charge in [-0.05, 0) is 37.0 Å². The predicted molar refractivity (Wildman–Crippen MR) is 72.0 cm³/mol. The van der Waals surface area contributed by atoms with E-state index in [2.05, 4.69) is 10.6 Å². The second kappa shape index (κ2) is 6.82. The average molecular weight is 300 g/mol. The lowest BCUT2D eigenvalue weighted by Crippen LogP contribution is -2.48. The van der Waals surface area contributed by atoms with Gasteiger partial charge in [-0.3, -0.25) is 0 Å². The SMILES string of the molecule is O=C(O)N[C@@H](Cc1cc(F)cc(F)c1)[C@@H](O)CNC1CC1. The lowest BCUT2D eigenvalue weighted by molar-refractivity contribution is 0.117. The highest BCUT2D eigenvalue weighted by atomic mass is 19.1. The fourth-order valence-corrected chi connectivity index (χ4v) is 2.14. The molecule has 1 aliphatic rings. The topological polar surface area (TPSA) is 81.6 Å². The van der Waals surface area contributed by atoms with Crippen LogP contribution in [-0.2, 0) is 6.42 Å². The molecule has 1 fully saturated rings. The maximum Gasteiger partial charge on any atom is 0.404 e. The molecule has 1 amide bonds. The Labute approximate surface area is 121 Å². The summed E-state index contributed by atoms with van der Waals surface area (Å²) in [5.41, 5.74) is 0.289. The number of hydrogen-bond donors (Lipinski definition) is 4. The zero-order chi connectivity index (χ0) is 15.4. The van der Waals surface area contributed by atoms with E-state index < -0.39 is 29.9 Å². The van der Waals surface area contributed by atoms with E-state index in [4.69, 9.17) is 5.11 Å². The summed E-state index contributed by atoms with van der Waals surface area (Å²) in [7, 11) is 0. The molecule has 0 heterocycles. The van der Waals surface area contributed by atoms with E-state index in [9.17, 15) is 18.7 Å². The molecular weight excluding hydrogens is 282 g/mol. The van der Waals surface area contributed by atoms with E-state index in [-0.39, 0.29) is 18.5 Å². The largest absolute Gasteiger partial charge is 0.465 e. The van der Waals surface area contributed by atoms with Crippen LogP contribution in [0.5, 0.6) is 0 Å². The zero-order valence-electron chi connectivity index (χ0n) is 11.4. The van der Waals surface area contributed by atoms with Crippen molar-refractivity contribution in [2.24, 2.45) is 0 Å². The minimum absolute atomic E-state index is 0.00843. The monoisotopic (exact) mass is 300 g/mol. The Hall–Kier alpha value is -1.73.